The van der Waals surface area contributed by atoms with Gasteiger partial charge in [-0.25, -0.2) is 0 Å². The van der Waals surface area contributed by atoms with Crippen LogP contribution in [0, 0.1) is 13.8 Å². The summed E-state index contributed by atoms with van der Waals surface area (Å²) in [6, 6.07) is 16.4. The lowest BCUT2D eigenvalue weighted by Crippen LogP contribution is -3.00. The van der Waals surface area contributed by atoms with Crippen LogP contribution in [0.25, 0.3) is 0 Å². The second-order valence-electron chi connectivity index (χ2n) is 5.75. The fourth-order valence-electron chi connectivity index (χ4n) is 2.23. The molecule has 0 aliphatic heterocycles. The van der Waals surface area contributed by atoms with Gasteiger partial charge in [0, 0.05) is 12.6 Å². The lowest BCUT2D eigenvalue weighted by atomic mass is 10.1. The van der Waals surface area contributed by atoms with Gasteiger partial charge in [-0.3, -0.25) is 0 Å². The number of hydrogen-bond donors (Lipinski definition) is 2. The molecule has 2 aromatic rings. The molecule has 0 saturated carbocycles. The zero-order valence-corrected chi connectivity index (χ0v) is 14.7. The van der Waals surface area contributed by atoms with Crippen molar-refractivity contribution < 1.29 is 22.3 Å². The summed E-state index contributed by atoms with van der Waals surface area (Å²) < 4.78 is 5.65. The first-order chi connectivity index (χ1) is 10.6. The van der Waals surface area contributed by atoms with Gasteiger partial charge < -0.3 is 27.6 Å². The van der Waals surface area contributed by atoms with E-state index in [0.29, 0.717) is 6.54 Å². The van der Waals surface area contributed by atoms with Gasteiger partial charge in [-0.15, -0.1) is 0 Å². The van der Waals surface area contributed by atoms with E-state index in [-0.39, 0.29) is 25.1 Å². The third-order valence-corrected chi connectivity index (χ3v) is 3.88. The molecule has 2 atom stereocenters. The maximum atomic E-state index is 10.0. The van der Waals surface area contributed by atoms with Gasteiger partial charge in [0.1, 0.15) is 18.5 Å². The molecule has 2 aromatic carbocycles. The van der Waals surface area contributed by atoms with Crippen LogP contribution in [0.4, 0.5) is 0 Å². The Labute approximate surface area is 145 Å². The smallest absolute Gasteiger partial charge is 0.119 e. The van der Waals surface area contributed by atoms with Crippen LogP contribution in [0.1, 0.15) is 29.7 Å². The lowest BCUT2D eigenvalue weighted by molar-refractivity contribution is -0.00000647. The Morgan fingerprint density at radius 3 is 2.39 bits per heavy atom. The summed E-state index contributed by atoms with van der Waals surface area (Å²) >= 11 is 0. The predicted molar refractivity (Wildman–Crippen MR) is 90.3 cm³/mol. The SMILES string of the molecule is Cc1ccc(OCC(O)CNC(C)c2ccccc2)cc1C.[Cl-]. The van der Waals surface area contributed by atoms with Gasteiger partial charge in [-0.1, -0.05) is 36.4 Å². The number of halogens is 1. The van der Waals surface area contributed by atoms with Crippen LogP contribution in [0.15, 0.2) is 48.5 Å². The molecule has 0 saturated heterocycles. The first kappa shape index (κ1) is 19.5. The van der Waals surface area contributed by atoms with Gasteiger partial charge in [0.2, 0.25) is 0 Å². The Morgan fingerprint density at radius 2 is 1.74 bits per heavy atom. The van der Waals surface area contributed by atoms with E-state index in [4.69, 9.17) is 4.74 Å². The van der Waals surface area contributed by atoms with E-state index in [1.165, 1.54) is 16.7 Å². The van der Waals surface area contributed by atoms with E-state index >= 15 is 0 Å². The summed E-state index contributed by atoms with van der Waals surface area (Å²) in [5, 5.41) is 13.4. The molecular formula is C19H25ClNO2-. The summed E-state index contributed by atoms with van der Waals surface area (Å²) in [6.45, 7) is 7.01. The van der Waals surface area contributed by atoms with Crippen LogP contribution >= 0.6 is 0 Å². The normalized spacial score (nSPS) is 13.0. The molecule has 0 aliphatic carbocycles. The van der Waals surface area contributed by atoms with E-state index in [9.17, 15) is 5.11 Å². The zero-order valence-electron chi connectivity index (χ0n) is 13.9. The van der Waals surface area contributed by atoms with Gasteiger partial charge >= 0.3 is 0 Å². The van der Waals surface area contributed by atoms with Crippen molar-refractivity contribution in [3.63, 3.8) is 0 Å². The van der Waals surface area contributed by atoms with E-state index in [0.717, 1.165) is 5.75 Å². The number of benzene rings is 2. The van der Waals surface area contributed by atoms with Crippen LogP contribution in [0.5, 0.6) is 5.75 Å². The fraction of sp³-hybridized carbons (Fsp3) is 0.368. The van der Waals surface area contributed by atoms with Crippen molar-refractivity contribution in [2.75, 3.05) is 13.2 Å². The molecule has 2 N–H and O–H groups in total. The van der Waals surface area contributed by atoms with Crippen molar-refractivity contribution in [3.8, 4) is 5.75 Å². The molecule has 126 valence electrons. The molecule has 2 rings (SSSR count). The van der Waals surface area contributed by atoms with E-state index in [1.54, 1.807) is 0 Å². The lowest BCUT2D eigenvalue weighted by Gasteiger charge is -2.18. The molecule has 0 bridgehead atoms. The van der Waals surface area contributed by atoms with Crippen molar-refractivity contribution in [1.82, 2.24) is 5.32 Å². The van der Waals surface area contributed by atoms with Crippen molar-refractivity contribution in [2.24, 2.45) is 0 Å². The fourth-order valence-corrected chi connectivity index (χ4v) is 2.23. The number of rotatable bonds is 7. The average Bonchev–Trinajstić information content (AvgIpc) is 2.54. The topological polar surface area (TPSA) is 41.5 Å². The largest absolute Gasteiger partial charge is 1.00 e. The van der Waals surface area contributed by atoms with Gasteiger partial charge in [-0.05, 0) is 49.6 Å². The number of nitrogens with one attached hydrogen (secondary N) is 1. The number of aryl methyl sites for hydroxylation is 2. The number of ether oxygens (including phenoxy) is 1. The molecule has 0 aromatic heterocycles. The van der Waals surface area contributed by atoms with Gasteiger partial charge in [0.25, 0.3) is 0 Å². The molecular weight excluding hydrogens is 310 g/mol. The Morgan fingerprint density at radius 1 is 1.04 bits per heavy atom. The van der Waals surface area contributed by atoms with Gasteiger partial charge in [0.15, 0.2) is 0 Å². The molecule has 3 nitrogen and oxygen atoms in total. The minimum atomic E-state index is -0.534. The number of aliphatic hydroxyl groups excluding tert-OH is 1. The maximum absolute atomic E-state index is 10.0. The van der Waals surface area contributed by atoms with Crippen LogP contribution in [-0.2, 0) is 0 Å². The summed E-state index contributed by atoms with van der Waals surface area (Å²) in [6.07, 6.45) is -0.534. The molecule has 0 radical (unpaired) electrons. The second kappa shape index (κ2) is 9.56. The quantitative estimate of drug-likeness (QED) is 0.770. The zero-order chi connectivity index (χ0) is 15.9. The highest BCUT2D eigenvalue weighted by Crippen LogP contribution is 2.16. The first-order valence-electron chi connectivity index (χ1n) is 7.72. The van der Waals surface area contributed by atoms with Crippen LogP contribution in [-0.4, -0.2) is 24.4 Å². The van der Waals surface area contributed by atoms with E-state index < -0.39 is 6.10 Å². The molecule has 0 spiro atoms. The van der Waals surface area contributed by atoms with E-state index in [2.05, 4.69) is 38.2 Å². The number of hydrogen-bond acceptors (Lipinski definition) is 3. The highest BCUT2D eigenvalue weighted by molar-refractivity contribution is 5.33. The molecule has 2 unspecified atom stereocenters. The molecule has 23 heavy (non-hydrogen) atoms. The van der Waals surface area contributed by atoms with Crippen molar-refractivity contribution in [2.45, 2.75) is 32.9 Å². The Bertz CT molecular complexity index is 589. The summed E-state index contributed by atoms with van der Waals surface area (Å²) in [4.78, 5) is 0. The van der Waals surface area contributed by atoms with Crippen molar-refractivity contribution >= 4 is 0 Å². The summed E-state index contributed by atoms with van der Waals surface area (Å²) in [5.41, 5.74) is 3.65. The third kappa shape index (κ3) is 6.22. The van der Waals surface area contributed by atoms with E-state index in [1.807, 2.05) is 36.4 Å². The maximum Gasteiger partial charge on any atom is 0.119 e. The highest BCUT2D eigenvalue weighted by Gasteiger charge is 2.09. The minimum absolute atomic E-state index is 0. The first-order valence-corrected chi connectivity index (χ1v) is 7.72. The second-order valence-corrected chi connectivity index (χ2v) is 5.75. The van der Waals surface area contributed by atoms with Crippen molar-refractivity contribution in [3.05, 3.63) is 65.2 Å². The Balaban J connectivity index is 0.00000264. The standard InChI is InChI=1S/C19H25NO2.ClH/c1-14-9-10-19(11-15(14)2)22-13-18(21)12-20-16(3)17-7-5-4-6-8-17;/h4-11,16,18,20-21H,12-13H2,1-3H3;1H/p-1. The van der Waals surface area contributed by atoms with Gasteiger partial charge in [-0.2, -0.15) is 0 Å². The predicted octanol–water partition coefficient (Wildman–Crippen LogP) is 0.398. The molecule has 0 aliphatic rings. The molecule has 0 amide bonds. The monoisotopic (exact) mass is 334 g/mol. The minimum Gasteiger partial charge on any atom is -1.00 e. The van der Waals surface area contributed by atoms with Crippen LogP contribution in [0.2, 0.25) is 0 Å². The summed E-state index contributed by atoms with van der Waals surface area (Å²) in [7, 11) is 0. The van der Waals surface area contributed by atoms with Gasteiger partial charge in [0.05, 0.1) is 0 Å². The third-order valence-electron chi connectivity index (χ3n) is 3.88. The highest BCUT2D eigenvalue weighted by atomic mass is 35.5. The van der Waals surface area contributed by atoms with Crippen LogP contribution < -0.4 is 22.5 Å². The Hall–Kier alpha value is -1.55. The average molecular weight is 335 g/mol. The van der Waals surface area contributed by atoms with Crippen LogP contribution in [0.3, 0.4) is 0 Å². The Kier molecular flexibility index (Phi) is 8.10. The molecule has 4 heteroatoms. The summed E-state index contributed by atoms with van der Waals surface area (Å²) in [5.74, 6) is 0.804. The van der Waals surface area contributed by atoms with Crippen molar-refractivity contribution in [1.29, 1.82) is 0 Å². The number of aliphatic hydroxyl groups is 1. The molecule has 0 fully saturated rings. The molecule has 0 heterocycles.